The maximum atomic E-state index is 13.9. The molecule has 0 aliphatic carbocycles. The Bertz CT molecular complexity index is 1140. The van der Waals surface area contributed by atoms with Crippen LogP contribution in [0.5, 0.6) is 0 Å². The lowest BCUT2D eigenvalue weighted by atomic mass is 9.88. The van der Waals surface area contributed by atoms with Crippen molar-refractivity contribution in [1.82, 2.24) is 19.8 Å². The van der Waals surface area contributed by atoms with Gasteiger partial charge in [0.25, 0.3) is 0 Å². The van der Waals surface area contributed by atoms with Crippen LogP contribution >= 0.6 is 0 Å². The maximum absolute atomic E-state index is 13.9. The molecule has 168 valence electrons. The number of aromatic nitrogens is 2. The average Bonchev–Trinajstić information content (AvgIpc) is 3.50. The van der Waals surface area contributed by atoms with Crippen LogP contribution < -0.4 is 4.90 Å². The summed E-state index contributed by atoms with van der Waals surface area (Å²) in [6.07, 6.45) is 10.5. The summed E-state index contributed by atoms with van der Waals surface area (Å²) in [5.74, 6) is 1.86. The summed E-state index contributed by atoms with van der Waals surface area (Å²) in [5, 5.41) is 0. The van der Waals surface area contributed by atoms with Crippen LogP contribution in [0.4, 0.5) is 5.95 Å². The van der Waals surface area contributed by atoms with Crippen molar-refractivity contribution in [3.8, 4) is 0 Å². The van der Waals surface area contributed by atoms with E-state index in [0.29, 0.717) is 11.8 Å². The lowest BCUT2D eigenvalue weighted by Crippen LogP contribution is -2.42. The SMILES string of the molecule is Cc1cc(C)nc(N2C[C@H]3CN(C(=O)C4C(c5ccccc5)=CN5C=CC=CC45)C[C@H]3C2)n1. The number of carbonyl (C=O) groups excluding carboxylic acids is 1. The van der Waals surface area contributed by atoms with Crippen molar-refractivity contribution < 1.29 is 4.79 Å². The monoisotopic (exact) mass is 439 g/mol. The minimum atomic E-state index is -0.175. The Kier molecular flexibility index (Phi) is 4.82. The molecule has 0 spiro atoms. The number of hydrogen-bond acceptors (Lipinski definition) is 5. The number of aryl methyl sites for hydroxylation is 2. The molecule has 6 nitrogen and oxygen atoms in total. The quantitative estimate of drug-likeness (QED) is 0.734. The van der Waals surface area contributed by atoms with Gasteiger partial charge in [-0.2, -0.15) is 0 Å². The summed E-state index contributed by atoms with van der Waals surface area (Å²) >= 11 is 0. The van der Waals surface area contributed by atoms with Gasteiger partial charge in [-0.25, -0.2) is 9.97 Å². The van der Waals surface area contributed by atoms with E-state index >= 15 is 0 Å². The van der Waals surface area contributed by atoms with Crippen molar-refractivity contribution in [3.05, 3.63) is 84.0 Å². The number of benzene rings is 1. The largest absolute Gasteiger partial charge is 0.346 e. The number of likely N-dealkylation sites (tertiary alicyclic amines) is 1. The Balaban J connectivity index is 1.20. The second kappa shape index (κ2) is 7.87. The third-order valence-electron chi connectivity index (χ3n) is 7.41. The molecule has 6 rings (SSSR count). The molecule has 1 aromatic heterocycles. The van der Waals surface area contributed by atoms with E-state index in [1.165, 1.54) is 0 Å². The van der Waals surface area contributed by atoms with E-state index in [4.69, 9.17) is 0 Å². The Morgan fingerprint density at radius 1 is 0.939 bits per heavy atom. The molecule has 4 aliphatic heterocycles. The van der Waals surface area contributed by atoms with Gasteiger partial charge in [-0.3, -0.25) is 4.79 Å². The lowest BCUT2D eigenvalue weighted by Gasteiger charge is -2.30. The molecule has 0 radical (unpaired) electrons. The van der Waals surface area contributed by atoms with Gasteiger partial charge in [0, 0.05) is 61.8 Å². The Labute approximate surface area is 194 Å². The van der Waals surface area contributed by atoms with Crippen LogP contribution in [0.15, 0.2) is 67.0 Å². The lowest BCUT2D eigenvalue weighted by molar-refractivity contribution is -0.133. The van der Waals surface area contributed by atoms with Gasteiger partial charge in [-0.15, -0.1) is 0 Å². The van der Waals surface area contributed by atoms with E-state index in [1.54, 1.807) is 0 Å². The summed E-state index contributed by atoms with van der Waals surface area (Å²) in [6, 6.07) is 12.4. The van der Waals surface area contributed by atoms with Gasteiger partial charge >= 0.3 is 0 Å². The van der Waals surface area contributed by atoms with Crippen molar-refractivity contribution in [3.63, 3.8) is 0 Å². The van der Waals surface area contributed by atoms with Gasteiger partial charge in [0.1, 0.15) is 0 Å². The Hall–Kier alpha value is -3.41. The molecule has 2 saturated heterocycles. The van der Waals surface area contributed by atoms with E-state index in [0.717, 1.165) is 54.7 Å². The molecule has 0 saturated carbocycles. The second-order valence-electron chi connectivity index (χ2n) is 9.71. The standard InChI is InChI=1S/C27H29N5O/c1-18-12-19(2)29-27(28-18)32-15-21-13-31(14-22(21)16-32)26(33)25-23(20-8-4-3-5-9-20)17-30-11-7-6-10-24(25)30/h3-12,17,21-22,24-25H,13-16H2,1-2H3/t21-,22+,24?,25?. The van der Waals surface area contributed by atoms with Gasteiger partial charge in [-0.05, 0) is 37.1 Å². The van der Waals surface area contributed by atoms with Crippen molar-refractivity contribution in [1.29, 1.82) is 0 Å². The Morgan fingerprint density at radius 3 is 2.33 bits per heavy atom. The molecule has 5 heterocycles. The van der Waals surface area contributed by atoms with Crippen LogP contribution in [-0.4, -0.2) is 57.9 Å². The normalized spacial score (nSPS) is 27.7. The highest BCUT2D eigenvalue weighted by Crippen LogP contribution is 2.41. The van der Waals surface area contributed by atoms with Crippen LogP contribution in [-0.2, 0) is 4.79 Å². The fraction of sp³-hybridized carbons (Fsp3) is 0.370. The Morgan fingerprint density at radius 2 is 1.64 bits per heavy atom. The van der Waals surface area contributed by atoms with Crippen molar-refractivity contribution >= 4 is 17.4 Å². The molecule has 1 amide bonds. The van der Waals surface area contributed by atoms with Crippen molar-refractivity contribution in [2.45, 2.75) is 19.9 Å². The van der Waals surface area contributed by atoms with Crippen LogP contribution in [0, 0.1) is 31.6 Å². The predicted octanol–water partition coefficient (Wildman–Crippen LogP) is 3.41. The summed E-state index contributed by atoms with van der Waals surface area (Å²) < 4.78 is 0. The van der Waals surface area contributed by atoms with Crippen LogP contribution in [0.25, 0.3) is 5.57 Å². The van der Waals surface area contributed by atoms with Crippen LogP contribution in [0.1, 0.15) is 17.0 Å². The number of carbonyl (C=O) groups is 1. The molecule has 6 heteroatoms. The molecule has 4 aliphatic rings. The third-order valence-corrected chi connectivity index (χ3v) is 7.41. The predicted molar refractivity (Wildman–Crippen MR) is 129 cm³/mol. The second-order valence-corrected chi connectivity index (χ2v) is 9.71. The summed E-state index contributed by atoms with van der Waals surface area (Å²) in [7, 11) is 0. The maximum Gasteiger partial charge on any atom is 0.232 e. The van der Waals surface area contributed by atoms with Crippen LogP contribution in [0.3, 0.4) is 0 Å². The smallest absolute Gasteiger partial charge is 0.232 e. The molecular formula is C27H29N5O. The number of anilines is 1. The average molecular weight is 440 g/mol. The van der Waals surface area contributed by atoms with Gasteiger partial charge in [0.2, 0.25) is 11.9 Å². The third kappa shape index (κ3) is 3.54. The molecular weight excluding hydrogens is 410 g/mol. The summed E-state index contributed by atoms with van der Waals surface area (Å²) in [5.41, 5.74) is 4.26. The minimum Gasteiger partial charge on any atom is -0.346 e. The van der Waals surface area contributed by atoms with E-state index in [1.807, 2.05) is 44.2 Å². The molecule has 33 heavy (non-hydrogen) atoms. The minimum absolute atomic E-state index is 0.0540. The first-order valence-electron chi connectivity index (χ1n) is 11.8. The van der Waals surface area contributed by atoms with Crippen molar-refractivity contribution in [2.75, 3.05) is 31.1 Å². The van der Waals surface area contributed by atoms with E-state index < -0.39 is 0 Å². The number of allylic oxidation sites excluding steroid dienone is 2. The molecule has 2 fully saturated rings. The number of nitrogens with zero attached hydrogens (tertiary/aromatic N) is 5. The highest BCUT2D eigenvalue weighted by Gasteiger charge is 2.47. The number of rotatable bonds is 3. The van der Waals surface area contributed by atoms with Gasteiger partial charge < -0.3 is 14.7 Å². The molecule has 2 aromatic rings. The topological polar surface area (TPSA) is 52.6 Å². The number of fused-ring (bicyclic) bond motifs is 2. The van der Waals surface area contributed by atoms with Gasteiger partial charge in [0.05, 0.1) is 12.0 Å². The molecule has 0 N–H and O–H groups in total. The fourth-order valence-corrected chi connectivity index (χ4v) is 5.91. The number of hydrogen-bond donors (Lipinski definition) is 0. The first kappa shape index (κ1) is 20.2. The zero-order valence-corrected chi connectivity index (χ0v) is 19.1. The fourth-order valence-electron chi connectivity index (χ4n) is 5.91. The van der Waals surface area contributed by atoms with E-state index in [9.17, 15) is 4.79 Å². The van der Waals surface area contributed by atoms with Gasteiger partial charge in [-0.1, -0.05) is 42.5 Å². The van der Waals surface area contributed by atoms with E-state index in [2.05, 4.69) is 61.4 Å². The molecule has 0 bridgehead atoms. The highest BCUT2D eigenvalue weighted by molar-refractivity contribution is 5.94. The highest BCUT2D eigenvalue weighted by atomic mass is 16.2. The summed E-state index contributed by atoms with van der Waals surface area (Å²) in [6.45, 7) is 7.51. The van der Waals surface area contributed by atoms with Crippen LogP contribution in [0.2, 0.25) is 0 Å². The number of amides is 1. The first-order valence-corrected chi connectivity index (χ1v) is 11.8. The first-order chi connectivity index (χ1) is 16.1. The zero-order valence-electron chi connectivity index (χ0n) is 19.1. The molecule has 4 atom stereocenters. The zero-order chi connectivity index (χ0) is 22.5. The molecule has 1 aromatic carbocycles. The van der Waals surface area contributed by atoms with Gasteiger partial charge in [0.15, 0.2) is 0 Å². The van der Waals surface area contributed by atoms with E-state index in [-0.39, 0.29) is 17.9 Å². The van der Waals surface area contributed by atoms with Crippen molar-refractivity contribution in [2.24, 2.45) is 17.8 Å². The summed E-state index contributed by atoms with van der Waals surface area (Å²) in [4.78, 5) is 29.8. The molecule has 2 unspecified atom stereocenters.